The average Bonchev–Trinajstić information content (AvgIpc) is 2.62. The molecule has 0 spiro atoms. The molecule has 0 aliphatic carbocycles. The first kappa shape index (κ1) is 11.9. The highest BCUT2D eigenvalue weighted by Gasteiger charge is 2.17. The number of ether oxygens (including phenoxy) is 1. The van der Waals surface area contributed by atoms with Crippen LogP contribution < -0.4 is 10.5 Å². The fourth-order valence-corrected chi connectivity index (χ4v) is 1.68. The molecule has 7 heteroatoms. The zero-order chi connectivity index (χ0) is 13.3. The van der Waals surface area contributed by atoms with Crippen molar-refractivity contribution >= 4 is 17.5 Å². The van der Waals surface area contributed by atoms with Crippen molar-refractivity contribution in [2.24, 2.45) is 5.73 Å². The third kappa shape index (κ3) is 1.97. The van der Waals surface area contributed by atoms with E-state index in [1.807, 2.05) is 0 Å². The number of carboxylic acids is 1. The molecule has 1 amide bonds. The molecule has 0 unspecified atom stereocenters. The largest absolute Gasteiger partial charge is 0.480 e. The summed E-state index contributed by atoms with van der Waals surface area (Å²) in [5, 5.41) is 9.09. The number of carboxylic acid groups (broad SMARTS) is 1. The summed E-state index contributed by atoms with van der Waals surface area (Å²) in [5.41, 5.74) is 5.76. The van der Waals surface area contributed by atoms with Gasteiger partial charge in [-0.2, -0.15) is 0 Å². The van der Waals surface area contributed by atoms with E-state index in [0.29, 0.717) is 17.1 Å². The number of imidazole rings is 1. The molecule has 0 aliphatic rings. The Morgan fingerprint density at radius 2 is 2.28 bits per heavy atom. The first-order chi connectivity index (χ1) is 8.50. The molecule has 0 atom stereocenters. The maximum Gasteiger partial charge on any atom is 0.354 e. The highest BCUT2D eigenvalue weighted by molar-refractivity contribution is 5.88. The maximum absolute atomic E-state index is 11.1. The first-order valence-corrected chi connectivity index (χ1v) is 5.12. The molecule has 0 saturated heterocycles. The summed E-state index contributed by atoms with van der Waals surface area (Å²) in [6, 6.07) is 3.20. The monoisotopic (exact) mass is 249 g/mol. The number of nitrogens with two attached hydrogens (primary N) is 1. The number of aryl methyl sites for hydroxylation is 1. The van der Waals surface area contributed by atoms with Crippen LogP contribution in [0.3, 0.4) is 0 Å². The number of carbonyl (C=O) groups is 2. The zero-order valence-electron chi connectivity index (χ0n) is 9.58. The van der Waals surface area contributed by atoms with Gasteiger partial charge in [0.05, 0.1) is 5.69 Å². The number of aromatic nitrogens is 2. The van der Waals surface area contributed by atoms with Crippen molar-refractivity contribution in [2.75, 3.05) is 6.61 Å². The third-order valence-corrected chi connectivity index (χ3v) is 2.36. The summed E-state index contributed by atoms with van der Waals surface area (Å²) in [7, 11) is 0. The highest BCUT2D eigenvalue weighted by atomic mass is 16.5. The van der Waals surface area contributed by atoms with Gasteiger partial charge in [-0.05, 0) is 19.1 Å². The van der Waals surface area contributed by atoms with Crippen LogP contribution >= 0.6 is 0 Å². The number of pyridine rings is 1. The van der Waals surface area contributed by atoms with E-state index < -0.39 is 11.9 Å². The summed E-state index contributed by atoms with van der Waals surface area (Å²) < 4.78 is 6.57. The number of fused-ring (bicyclic) bond motifs is 1. The van der Waals surface area contributed by atoms with Crippen LogP contribution in [-0.2, 0) is 4.79 Å². The van der Waals surface area contributed by atoms with Gasteiger partial charge in [0.2, 0.25) is 0 Å². The van der Waals surface area contributed by atoms with Gasteiger partial charge in [0.1, 0.15) is 0 Å². The Labute approximate surface area is 102 Å². The van der Waals surface area contributed by atoms with Gasteiger partial charge in [0.15, 0.2) is 23.7 Å². The van der Waals surface area contributed by atoms with Gasteiger partial charge in [-0.15, -0.1) is 0 Å². The van der Waals surface area contributed by atoms with E-state index in [1.165, 1.54) is 4.40 Å². The van der Waals surface area contributed by atoms with E-state index in [4.69, 9.17) is 15.6 Å². The summed E-state index contributed by atoms with van der Waals surface area (Å²) in [6.45, 7) is 1.31. The predicted octanol–water partition coefficient (Wildman–Crippen LogP) is 0.205. The molecule has 2 aromatic heterocycles. The second kappa shape index (κ2) is 4.36. The molecule has 0 bridgehead atoms. The number of rotatable bonds is 4. The molecule has 0 fully saturated rings. The topological polar surface area (TPSA) is 107 Å². The molecule has 3 N–H and O–H groups in total. The number of hydrogen-bond donors (Lipinski definition) is 2. The number of nitrogens with zero attached hydrogens (tertiary/aromatic N) is 2. The molecule has 18 heavy (non-hydrogen) atoms. The molecular weight excluding hydrogens is 238 g/mol. The van der Waals surface area contributed by atoms with Crippen molar-refractivity contribution in [3.63, 3.8) is 0 Å². The number of amides is 1. The zero-order valence-corrected chi connectivity index (χ0v) is 9.58. The lowest BCUT2D eigenvalue weighted by Crippen LogP contribution is -2.20. The molecular formula is C11H11N3O4. The van der Waals surface area contributed by atoms with Crippen molar-refractivity contribution < 1.29 is 19.4 Å². The quantitative estimate of drug-likeness (QED) is 0.805. The van der Waals surface area contributed by atoms with Crippen LogP contribution in [0.5, 0.6) is 5.75 Å². The maximum atomic E-state index is 11.1. The average molecular weight is 249 g/mol. The van der Waals surface area contributed by atoms with Crippen molar-refractivity contribution in [1.29, 1.82) is 0 Å². The normalized spacial score (nSPS) is 10.5. The minimum atomic E-state index is -1.08. The van der Waals surface area contributed by atoms with Gasteiger partial charge in [-0.25, -0.2) is 9.78 Å². The highest BCUT2D eigenvalue weighted by Crippen LogP contribution is 2.21. The molecule has 2 heterocycles. The predicted molar refractivity (Wildman–Crippen MR) is 61.6 cm³/mol. The van der Waals surface area contributed by atoms with Gasteiger partial charge < -0.3 is 15.6 Å². The fourth-order valence-electron chi connectivity index (χ4n) is 1.68. The molecule has 0 radical (unpaired) electrons. The van der Waals surface area contributed by atoms with E-state index in [1.54, 1.807) is 25.3 Å². The summed E-state index contributed by atoms with van der Waals surface area (Å²) in [6.07, 6.45) is 1.57. The third-order valence-electron chi connectivity index (χ3n) is 2.36. The van der Waals surface area contributed by atoms with Crippen LogP contribution in [-0.4, -0.2) is 33.0 Å². The van der Waals surface area contributed by atoms with Crippen LogP contribution in [0.15, 0.2) is 18.3 Å². The van der Waals surface area contributed by atoms with E-state index in [9.17, 15) is 9.59 Å². The first-order valence-electron chi connectivity index (χ1n) is 5.12. The fraction of sp³-hybridized carbons (Fsp3) is 0.182. The Morgan fingerprint density at radius 3 is 2.89 bits per heavy atom. The van der Waals surface area contributed by atoms with Gasteiger partial charge in [-0.1, -0.05) is 0 Å². The van der Waals surface area contributed by atoms with E-state index in [0.717, 1.165) is 0 Å². The molecule has 2 rings (SSSR count). The van der Waals surface area contributed by atoms with Gasteiger partial charge in [-0.3, -0.25) is 9.20 Å². The second-order valence-corrected chi connectivity index (χ2v) is 3.67. The van der Waals surface area contributed by atoms with E-state index in [-0.39, 0.29) is 12.3 Å². The molecule has 0 aliphatic heterocycles. The molecule has 0 saturated carbocycles. The number of aromatic carboxylic acids is 1. The van der Waals surface area contributed by atoms with Crippen LogP contribution in [0.4, 0.5) is 0 Å². The van der Waals surface area contributed by atoms with E-state index >= 15 is 0 Å². The van der Waals surface area contributed by atoms with Gasteiger partial charge >= 0.3 is 5.97 Å². The van der Waals surface area contributed by atoms with Crippen LogP contribution in [0.1, 0.15) is 16.2 Å². The standard InChI is InChI=1S/C11H11N3O4/c1-6-9(11(16)17)14-4-2-3-7(10(14)13-6)18-5-8(12)15/h2-4H,5H2,1H3,(H2,12,15)(H,16,17). The van der Waals surface area contributed by atoms with Gasteiger partial charge in [0.25, 0.3) is 5.91 Å². The van der Waals surface area contributed by atoms with Crippen molar-refractivity contribution in [3.05, 3.63) is 29.7 Å². The molecule has 7 nitrogen and oxygen atoms in total. The van der Waals surface area contributed by atoms with Crippen LogP contribution in [0, 0.1) is 6.92 Å². The van der Waals surface area contributed by atoms with Crippen LogP contribution in [0.25, 0.3) is 5.65 Å². The minimum absolute atomic E-state index is 0.0644. The number of carbonyl (C=O) groups excluding carboxylic acids is 1. The Balaban J connectivity index is 2.54. The van der Waals surface area contributed by atoms with Crippen molar-refractivity contribution in [1.82, 2.24) is 9.38 Å². The van der Waals surface area contributed by atoms with Gasteiger partial charge in [0, 0.05) is 6.20 Å². The molecule has 0 aromatic carbocycles. The SMILES string of the molecule is Cc1nc2c(OCC(N)=O)cccn2c1C(=O)O. The second-order valence-electron chi connectivity index (χ2n) is 3.67. The Bertz CT molecular complexity index is 632. The van der Waals surface area contributed by atoms with Crippen molar-refractivity contribution in [3.8, 4) is 5.75 Å². The summed E-state index contributed by atoms with van der Waals surface area (Å²) >= 11 is 0. The number of primary amides is 1. The smallest absolute Gasteiger partial charge is 0.354 e. The van der Waals surface area contributed by atoms with Crippen molar-refractivity contribution in [2.45, 2.75) is 6.92 Å². The molecule has 94 valence electrons. The Morgan fingerprint density at radius 1 is 1.56 bits per heavy atom. The number of hydrogen-bond acceptors (Lipinski definition) is 4. The summed E-state index contributed by atoms with van der Waals surface area (Å²) in [5.74, 6) is -1.38. The molecule has 2 aromatic rings. The lowest BCUT2D eigenvalue weighted by Gasteiger charge is -2.05. The Kier molecular flexibility index (Phi) is 2.88. The van der Waals surface area contributed by atoms with Crippen LogP contribution in [0.2, 0.25) is 0 Å². The lowest BCUT2D eigenvalue weighted by atomic mass is 10.3. The van der Waals surface area contributed by atoms with E-state index in [2.05, 4.69) is 4.98 Å². The minimum Gasteiger partial charge on any atom is -0.480 e. The Hall–Kier alpha value is -2.57. The summed E-state index contributed by atoms with van der Waals surface area (Å²) in [4.78, 5) is 25.9. The lowest BCUT2D eigenvalue weighted by molar-refractivity contribution is -0.119.